The van der Waals surface area contributed by atoms with Gasteiger partial charge >= 0.3 is 0 Å². The first-order valence-corrected chi connectivity index (χ1v) is 16.5. The Balaban J connectivity index is 0.0000130. The Morgan fingerprint density at radius 2 is 0.730 bits per heavy atom. The first kappa shape index (κ1) is 36.5. The summed E-state index contributed by atoms with van der Waals surface area (Å²) in [4.78, 5) is 0. The lowest BCUT2D eigenvalue weighted by atomic mass is 10.0. The van der Waals surface area contributed by atoms with E-state index in [1.54, 1.807) is 0 Å². The molecule has 0 heterocycles. The molecule has 0 amide bonds. The molecule has 0 aromatic heterocycles. The van der Waals surface area contributed by atoms with Crippen LogP contribution in [-0.2, 0) is 6.54 Å². The molecule has 0 N–H and O–H groups in total. The monoisotopic (exact) mass is 535 g/mol. The van der Waals surface area contributed by atoms with Crippen LogP contribution in [0.5, 0.6) is 0 Å². The summed E-state index contributed by atoms with van der Waals surface area (Å²) >= 11 is 0. The van der Waals surface area contributed by atoms with Crippen LogP contribution < -0.4 is 12.4 Å². The van der Waals surface area contributed by atoms with E-state index in [-0.39, 0.29) is 12.4 Å². The molecule has 0 atom stereocenters. The van der Waals surface area contributed by atoms with Crippen molar-refractivity contribution in [3.63, 3.8) is 0 Å². The van der Waals surface area contributed by atoms with E-state index in [4.69, 9.17) is 0 Å². The van der Waals surface area contributed by atoms with Crippen molar-refractivity contribution in [2.75, 3.05) is 20.6 Å². The first-order chi connectivity index (χ1) is 17.6. The Kier molecular flexibility index (Phi) is 26.7. The average molecular weight is 536 g/mol. The van der Waals surface area contributed by atoms with Crippen molar-refractivity contribution >= 4 is 0 Å². The van der Waals surface area contributed by atoms with Gasteiger partial charge in [0.25, 0.3) is 0 Å². The molecule has 0 radical (unpaired) electrons. The van der Waals surface area contributed by atoms with E-state index in [1.165, 1.54) is 166 Å². The number of nitrogens with zero attached hydrogens (tertiary/aromatic N) is 1. The molecule has 0 bridgehead atoms. The molecule has 0 aliphatic rings. The molecule has 0 aliphatic carbocycles. The van der Waals surface area contributed by atoms with Crippen molar-refractivity contribution in [1.82, 2.24) is 0 Å². The number of rotatable bonds is 27. The third-order valence-corrected chi connectivity index (χ3v) is 8.07. The maximum atomic E-state index is 2.38. The fraction of sp³-hybridized carbons (Fsp3) is 0.829. The maximum Gasteiger partial charge on any atom is 0.104 e. The molecule has 1 aromatic rings. The average Bonchev–Trinajstić information content (AvgIpc) is 2.87. The summed E-state index contributed by atoms with van der Waals surface area (Å²) in [6, 6.07) is 11.0. The third kappa shape index (κ3) is 25.5. The van der Waals surface area contributed by atoms with E-state index < -0.39 is 0 Å². The van der Waals surface area contributed by atoms with Crippen LogP contribution in [0.2, 0.25) is 0 Å². The third-order valence-electron chi connectivity index (χ3n) is 8.07. The molecule has 218 valence electrons. The highest BCUT2D eigenvalue weighted by molar-refractivity contribution is 5.13. The minimum absolute atomic E-state index is 0. The van der Waals surface area contributed by atoms with Crippen molar-refractivity contribution < 1.29 is 16.9 Å². The largest absolute Gasteiger partial charge is 1.00 e. The highest BCUT2D eigenvalue weighted by Gasteiger charge is 2.14. The maximum absolute atomic E-state index is 2.38. The van der Waals surface area contributed by atoms with Gasteiger partial charge in [-0.05, 0) is 12.8 Å². The molecule has 0 saturated heterocycles. The van der Waals surface area contributed by atoms with Gasteiger partial charge in [-0.25, -0.2) is 0 Å². The molecule has 0 fully saturated rings. The molecule has 37 heavy (non-hydrogen) atoms. The number of unbranched alkanes of at least 4 members (excludes halogenated alkanes) is 23. The SMILES string of the molecule is CCCCCCCCCCCCCCCCCCCCCCCCCC[N+](C)(C)Cc1ccccc1.[Cl-]. The van der Waals surface area contributed by atoms with Gasteiger partial charge in [-0.15, -0.1) is 0 Å². The van der Waals surface area contributed by atoms with Crippen molar-refractivity contribution in [3.05, 3.63) is 35.9 Å². The topological polar surface area (TPSA) is 0 Å². The summed E-state index contributed by atoms with van der Waals surface area (Å²) in [5.74, 6) is 0. The number of halogens is 1. The van der Waals surface area contributed by atoms with E-state index in [9.17, 15) is 0 Å². The summed E-state index contributed by atoms with van der Waals surface area (Å²) in [5, 5.41) is 0. The van der Waals surface area contributed by atoms with Gasteiger partial charge in [-0.1, -0.05) is 179 Å². The molecule has 1 rings (SSSR count). The summed E-state index contributed by atoms with van der Waals surface area (Å²) in [5.41, 5.74) is 1.46. The quantitative estimate of drug-likeness (QED) is 0.0780. The molecule has 2 heteroatoms. The van der Waals surface area contributed by atoms with Crippen molar-refractivity contribution in [3.8, 4) is 0 Å². The Bertz CT molecular complexity index is 556. The molecular formula is C35H66ClN. The van der Waals surface area contributed by atoms with Crippen LogP contribution in [0, 0.1) is 0 Å². The Labute approximate surface area is 240 Å². The van der Waals surface area contributed by atoms with Crippen molar-refractivity contribution in [1.29, 1.82) is 0 Å². The predicted octanol–water partition coefficient (Wildman–Crippen LogP) is 8.65. The molecule has 0 unspecified atom stereocenters. The number of hydrogen-bond donors (Lipinski definition) is 0. The summed E-state index contributed by atoms with van der Waals surface area (Å²) in [6.45, 7) is 4.76. The standard InChI is InChI=1S/C35H66N.ClH/c1-4-5-6-7-8-9-10-11-12-13-14-15-16-17-18-19-20-21-22-23-24-25-26-30-33-36(2,3)34-35-31-28-27-29-32-35;/h27-29,31-32H,4-26,30,33-34H2,1-3H3;1H/q+1;/p-1. The highest BCUT2D eigenvalue weighted by Crippen LogP contribution is 2.16. The minimum Gasteiger partial charge on any atom is -1.00 e. The molecule has 0 saturated carbocycles. The minimum atomic E-state index is 0. The number of hydrogen-bond acceptors (Lipinski definition) is 0. The molecular weight excluding hydrogens is 470 g/mol. The lowest BCUT2D eigenvalue weighted by molar-refractivity contribution is -0.903. The molecule has 1 nitrogen and oxygen atoms in total. The van der Waals surface area contributed by atoms with E-state index in [2.05, 4.69) is 51.4 Å². The van der Waals surface area contributed by atoms with E-state index in [1.807, 2.05) is 0 Å². The Hall–Kier alpha value is -0.530. The lowest BCUT2D eigenvalue weighted by Crippen LogP contribution is -3.00. The lowest BCUT2D eigenvalue weighted by Gasteiger charge is -2.30. The first-order valence-electron chi connectivity index (χ1n) is 16.5. The molecule has 0 spiro atoms. The van der Waals surface area contributed by atoms with Crippen LogP contribution in [-0.4, -0.2) is 25.1 Å². The van der Waals surface area contributed by atoms with Crippen LogP contribution in [0.25, 0.3) is 0 Å². The summed E-state index contributed by atoms with van der Waals surface area (Å²) < 4.78 is 1.11. The predicted molar refractivity (Wildman–Crippen MR) is 164 cm³/mol. The summed E-state index contributed by atoms with van der Waals surface area (Å²) in [7, 11) is 4.76. The van der Waals surface area contributed by atoms with Gasteiger partial charge in [0.1, 0.15) is 6.54 Å². The van der Waals surface area contributed by atoms with Crippen molar-refractivity contribution in [2.24, 2.45) is 0 Å². The number of benzene rings is 1. The van der Waals surface area contributed by atoms with Gasteiger partial charge in [-0.3, -0.25) is 0 Å². The van der Waals surface area contributed by atoms with E-state index in [0.717, 1.165) is 11.0 Å². The second kappa shape index (κ2) is 27.1. The van der Waals surface area contributed by atoms with E-state index in [0.29, 0.717) is 0 Å². The van der Waals surface area contributed by atoms with Gasteiger partial charge in [0.15, 0.2) is 0 Å². The van der Waals surface area contributed by atoms with Crippen LogP contribution >= 0.6 is 0 Å². The van der Waals surface area contributed by atoms with Gasteiger partial charge in [0.05, 0.1) is 20.6 Å². The van der Waals surface area contributed by atoms with Crippen LogP contribution in [0.4, 0.5) is 0 Å². The van der Waals surface area contributed by atoms with Gasteiger partial charge in [0, 0.05) is 5.56 Å². The van der Waals surface area contributed by atoms with Gasteiger partial charge in [-0.2, -0.15) is 0 Å². The Morgan fingerprint density at radius 1 is 0.432 bits per heavy atom. The zero-order chi connectivity index (χ0) is 26.0. The fourth-order valence-electron chi connectivity index (χ4n) is 5.66. The Morgan fingerprint density at radius 3 is 1.05 bits per heavy atom. The molecule has 0 aliphatic heterocycles. The van der Waals surface area contributed by atoms with E-state index >= 15 is 0 Å². The second-order valence-corrected chi connectivity index (χ2v) is 12.4. The second-order valence-electron chi connectivity index (χ2n) is 12.4. The fourth-order valence-corrected chi connectivity index (χ4v) is 5.66. The highest BCUT2D eigenvalue weighted by atomic mass is 35.5. The zero-order valence-electron chi connectivity index (χ0n) is 25.6. The summed E-state index contributed by atoms with van der Waals surface area (Å²) in [6.07, 6.45) is 35.1. The molecule has 1 aromatic carbocycles. The van der Waals surface area contributed by atoms with Gasteiger partial charge in [0.2, 0.25) is 0 Å². The van der Waals surface area contributed by atoms with Crippen LogP contribution in [0.1, 0.15) is 167 Å². The van der Waals surface area contributed by atoms with Crippen LogP contribution in [0.3, 0.4) is 0 Å². The van der Waals surface area contributed by atoms with Crippen molar-refractivity contribution in [2.45, 2.75) is 168 Å². The number of quaternary nitrogens is 1. The van der Waals surface area contributed by atoms with Crippen LogP contribution in [0.15, 0.2) is 30.3 Å². The van der Waals surface area contributed by atoms with Gasteiger partial charge < -0.3 is 16.9 Å². The normalized spacial score (nSPS) is 11.5. The zero-order valence-corrected chi connectivity index (χ0v) is 26.4. The smallest absolute Gasteiger partial charge is 0.104 e.